The van der Waals surface area contributed by atoms with Crippen molar-refractivity contribution in [2.24, 2.45) is 0 Å². The minimum atomic E-state index is -0.891. The number of nitrogens with zero attached hydrogens (tertiary/aromatic N) is 2. The number of aliphatic hydroxyl groups excluding tert-OH is 1. The highest BCUT2D eigenvalue weighted by atomic mass is 16.5. The average Bonchev–Trinajstić information content (AvgIpc) is 2.88. The molecule has 1 heterocycles. The van der Waals surface area contributed by atoms with Crippen molar-refractivity contribution >= 4 is 5.97 Å². The zero-order valence-corrected chi connectivity index (χ0v) is 13.5. The summed E-state index contributed by atoms with van der Waals surface area (Å²) in [6.45, 7) is 2.20. The van der Waals surface area contributed by atoms with E-state index >= 15 is 0 Å². The molecule has 2 atom stereocenters. The van der Waals surface area contributed by atoms with Crippen LogP contribution in [0.1, 0.15) is 0 Å². The van der Waals surface area contributed by atoms with Crippen molar-refractivity contribution in [2.45, 2.75) is 12.1 Å². The molecule has 0 saturated carbocycles. The third kappa shape index (κ3) is 4.82. The van der Waals surface area contributed by atoms with Gasteiger partial charge in [0.15, 0.2) is 11.5 Å². The Morgan fingerprint density at radius 1 is 1.35 bits per heavy atom. The van der Waals surface area contributed by atoms with E-state index in [9.17, 15) is 9.90 Å². The largest absolute Gasteiger partial charge is 0.493 e. The lowest BCUT2D eigenvalue weighted by molar-refractivity contribution is -0.138. The van der Waals surface area contributed by atoms with Crippen LogP contribution in [-0.2, 0) is 4.79 Å². The maximum absolute atomic E-state index is 10.8. The van der Waals surface area contributed by atoms with Crippen molar-refractivity contribution < 1.29 is 24.5 Å². The average molecular weight is 324 g/mol. The van der Waals surface area contributed by atoms with Crippen molar-refractivity contribution in [3.63, 3.8) is 0 Å². The molecule has 1 aromatic rings. The van der Waals surface area contributed by atoms with Crippen molar-refractivity contribution in [3.8, 4) is 11.5 Å². The van der Waals surface area contributed by atoms with E-state index in [0.717, 1.165) is 0 Å². The molecule has 128 valence electrons. The van der Waals surface area contributed by atoms with Crippen LogP contribution in [-0.4, -0.2) is 85.1 Å². The second-order valence-electron chi connectivity index (χ2n) is 5.70. The number of hydrogen-bond donors (Lipinski definition) is 2. The van der Waals surface area contributed by atoms with Gasteiger partial charge in [0.25, 0.3) is 0 Å². The maximum Gasteiger partial charge on any atom is 0.317 e. The Balaban J connectivity index is 1.80. The standard InChI is InChI=1S/C16H24N2O5/c1-17(11-16(20)21)12-9-18(10-13(12)19)7-8-23-15-6-4-3-5-14(15)22-2/h3-6,12-13,19H,7-11H2,1-2H3,(H,20,21)/t12?,13-/m1/s1. The smallest absolute Gasteiger partial charge is 0.317 e. The van der Waals surface area contributed by atoms with Gasteiger partial charge in [0.05, 0.1) is 19.8 Å². The summed E-state index contributed by atoms with van der Waals surface area (Å²) in [7, 11) is 3.32. The van der Waals surface area contributed by atoms with E-state index in [-0.39, 0.29) is 12.6 Å². The van der Waals surface area contributed by atoms with E-state index in [1.807, 2.05) is 24.3 Å². The lowest BCUT2D eigenvalue weighted by Crippen LogP contribution is -2.43. The van der Waals surface area contributed by atoms with Crippen LogP contribution in [0, 0.1) is 0 Å². The van der Waals surface area contributed by atoms with Crippen molar-refractivity contribution in [2.75, 3.05) is 46.9 Å². The number of likely N-dealkylation sites (N-methyl/N-ethyl adjacent to an activating group) is 1. The van der Waals surface area contributed by atoms with Crippen LogP contribution in [0.4, 0.5) is 0 Å². The highest BCUT2D eigenvalue weighted by Gasteiger charge is 2.34. The van der Waals surface area contributed by atoms with Crippen LogP contribution in [0.25, 0.3) is 0 Å². The molecule has 0 radical (unpaired) electrons. The lowest BCUT2D eigenvalue weighted by Gasteiger charge is -2.24. The van der Waals surface area contributed by atoms with Gasteiger partial charge in [0.1, 0.15) is 6.61 Å². The molecule has 7 heteroatoms. The number of benzene rings is 1. The quantitative estimate of drug-likeness (QED) is 0.703. The monoisotopic (exact) mass is 324 g/mol. The van der Waals surface area contributed by atoms with Crippen molar-refractivity contribution in [1.82, 2.24) is 9.80 Å². The summed E-state index contributed by atoms with van der Waals surface area (Å²) in [4.78, 5) is 14.5. The second kappa shape index (κ2) is 8.14. The van der Waals surface area contributed by atoms with E-state index < -0.39 is 12.1 Å². The van der Waals surface area contributed by atoms with Gasteiger partial charge >= 0.3 is 5.97 Å². The predicted molar refractivity (Wildman–Crippen MR) is 85.0 cm³/mol. The molecule has 1 unspecified atom stereocenters. The van der Waals surface area contributed by atoms with Crippen molar-refractivity contribution in [3.05, 3.63) is 24.3 Å². The normalized spacial score (nSPS) is 21.6. The number of hydrogen-bond acceptors (Lipinski definition) is 6. The van der Waals surface area contributed by atoms with Crippen LogP contribution in [0.3, 0.4) is 0 Å². The fourth-order valence-corrected chi connectivity index (χ4v) is 2.82. The first-order valence-electron chi connectivity index (χ1n) is 7.59. The molecule has 0 aromatic heterocycles. The van der Waals surface area contributed by atoms with Crippen LogP contribution in [0.5, 0.6) is 11.5 Å². The van der Waals surface area contributed by atoms with E-state index in [1.165, 1.54) is 0 Å². The van der Waals surface area contributed by atoms with Gasteiger partial charge in [-0.25, -0.2) is 0 Å². The predicted octanol–water partition coefficient (Wildman–Crippen LogP) is 0.136. The van der Waals surface area contributed by atoms with Crippen LogP contribution in [0.2, 0.25) is 0 Å². The minimum absolute atomic E-state index is 0.0761. The number of para-hydroxylation sites is 2. The topological polar surface area (TPSA) is 82.5 Å². The molecule has 0 aliphatic carbocycles. The maximum atomic E-state index is 10.8. The summed E-state index contributed by atoms with van der Waals surface area (Å²) >= 11 is 0. The van der Waals surface area contributed by atoms with Crippen LogP contribution < -0.4 is 9.47 Å². The molecule has 0 bridgehead atoms. The number of rotatable bonds is 8. The van der Waals surface area contributed by atoms with E-state index in [1.54, 1.807) is 19.1 Å². The first kappa shape index (κ1) is 17.5. The fourth-order valence-electron chi connectivity index (χ4n) is 2.82. The van der Waals surface area contributed by atoms with Gasteiger partial charge in [-0.05, 0) is 19.2 Å². The molecule has 2 rings (SSSR count). The van der Waals surface area contributed by atoms with Gasteiger partial charge in [-0.3, -0.25) is 14.6 Å². The first-order chi connectivity index (χ1) is 11.0. The lowest BCUT2D eigenvalue weighted by atomic mass is 10.2. The van der Waals surface area contributed by atoms with Gasteiger partial charge in [0.2, 0.25) is 0 Å². The Labute approximate surface area is 136 Å². The molecule has 1 fully saturated rings. The highest BCUT2D eigenvalue weighted by Crippen LogP contribution is 2.25. The Morgan fingerprint density at radius 2 is 2.04 bits per heavy atom. The minimum Gasteiger partial charge on any atom is -0.493 e. The molecule has 1 aromatic carbocycles. The number of carboxylic acid groups (broad SMARTS) is 1. The number of likely N-dealkylation sites (tertiary alicyclic amines) is 1. The fraction of sp³-hybridized carbons (Fsp3) is 0.562. The molecular weight excluding hydrogens is 300 g/mol. The number of carbonyl (C=O) groups is 1. The molecule has 1 aliphatic heterocycles. The molecule has 2 N–H and O–H groups in total. The SMILES string of the molecule is COc1ccccc1OCCN1CC(N(C)CC(=O)O)[C@H](O)C1. The number of carboxylic acids is 1. The zero-order chi connectivity index (χ0) is 16.8. The number of methoxy groups -OCH3 is 1. The van der Waals surface area contributed by atoms with E-state index in [2.05, 4.69) is 4.90 Å². The third-order valence-corrected chi connectivity index (χ3v) is 4.02. The van der Waals surface area contributed by atoms with Gasteiger partial charge in [-0.1, -0.05) is 12.1 Å². The van der Waals surface area contributed by atoms with Gasteiger partial charge < -0.3 is 19.7 Å². The molecule has 0 spiro atoms. The van der Waals surface area contributed by atoms with Gasteiger partial charge in [-0.2, -0.15) is 0 Å². The Morgan fingerprint density at radius 3 is 2.70 bits per heavy atom. The number of ether oxygens (including phenoxy) is 2. The Kier molecular flexibility index (Phi) is 6.20. The Bertz CT molecular complexity index is 525. The number of aliphatic hydroxyl groups is 1. The van der Waals surface area contributed by atoms with Crippen LogP contribution >= 0.6 is 0 Å². The molecule has 1 saturated heterocycles. The number of β-amino-alcohol motifs (C(OH)–C–C–N with tert-alkyl or cyclic N) is 1. The second-order valence-corrected chi connectivity index (χ2v) is 5.70. The number of aliphatic carboxylic acids is 1. The summed E-state index contributed by atoms with van der Waals surface area (Å²) in [5.41, 5.74) is 0. The summed E-state index contributed by atoms with van der Waals surface area (Å²) in [5.74, 6) is 0.486. The summed E-state index contributed by atoms with van der Waals surface area (Å²) in [5, 5.41) is 18.9. The van der Waals surface area contributed by atoms with Gasteiger partial charge in [0, 0.05) is 25.7 Å². The summed E-state index contributed by atoms with van der Waals surface area (Å²) < 4.78 is 11.0. The third-order valence-electron chi connectivity index (χ3n) is 4.02. The Hall–Kier alpha value is -1.83. The van der Waals surface area contributed by atoms with Crippen LogP contribution in [0.15, 0.2) is 24.3 Å². The molecule has 23 heavy (non-hydrogen) atoms. The highest BCUT2D eigenvalue weighted by molar-refractivity contribution is 5.69. The molecule has 7 nitrogen and oxygen atoms in total. The van der Waals surface area contributed by atoms with E-state index in [4.69, 9.17) is 14.6 Å². The van der Waals surface area contributed by atoms with E-state index in [0.29, 0.717) is 37.7 Å². The zero-order valence-electron chi connectivity index (χ0n) is 13.5. The first-order valence-corrected chi connectivity index (χ1v) is 7.59. The summed E-state index contributed by atoms with van der Waals surface area (Å²) in [6.07, 6.45) is -0.550. The molecule has 0 amide bonds. The van der Waals surface area contributed by atoms with Gasteiger partial charge in [-0.15, -0.1) is 0 Å². The molecule has 1 aliphatic rings. The summed E-state index contributed by atoms with van der Waals surface area (Å²) in [6, 6.07) is 7.28. The molecular formula is C16H24N2O5. The van der Waals surface area contributed by atoms with Crippen molar-refractivity contribution in [1.29, 1.82) is 0 Å².